The van der Waals surface area contributed by atoms with Gasteiger partial charge in [-0.3, -0.25) is 10.8 Å². The normalized spacial score (nSPS) is 11.2. The molecule has 5 aromatic rings. The predicted octanol–water partition coefficient (Wildman–Crippen LogP) is 5.31. The molecular formula is C30H25N5O4S. The van der Waals surface area contributed by atoms with Crippen molar-refractivity contribution in [3.8, 4) is 34.1 Å². The SMILES string of the molecule is N=C(N)c1ccc(Oc2ccc(-c3c(S(N)(=O)=O)ccc4ccccc34)c(Oc3ccc(C(=N)N)cc3)c2)cc1. The summed E-state index contributed by atoms with van der Waals surface area (Å²) in [5.74, 6) is 1.55. The number of fused-ring (bicyclic) bond motifs is 1. The standard InChI is InChI=1S/C30H25N5O4S/c31-29(32)19-5-10-21(11-6-19)38-23-14-15-25(26(17-23)39-22-12-7-20(8-13-22)30(33)34)28-24-4-2-1-3-18(24)9-16-27(28)40(35,36)37/h1-17H,(H3,31,32)(H3,33,34)(H2,35,36,37). The van der Waals surface area contributed by atoms with E-state index in [1.807, 2.05) is 24.3 Å². The highest BCUT2D eigenvalue weighted by molar-refractivity contribution is 7.89. The minimum absolute atomic E-state index is 0.0449. The first-order valence-electron chi connectivity index (χ1n) is 12.0. The van der Waals surface area contributed by atoms with Crippen LogP contribution in [0.25, 0.3) is 21.9 Å². The molecule has 200 valence electrons. The van der Waals surface area contributed by atoms with Crippen LogP contribution in [0.1, 0.15) is 11.1 Å². The average Bonchev–Trinajstić information content (AvgIpc) is 2.93. The van der Waals surface area contributed by atoms with Gasteiger partial charge < -0.3 is 20.9 Å². The van der Waals surface area contributed by atoms with Gasteiger partial charge in [0.15, 0.2) is 0 Å². The lowest BCUT2D eigenvalue weighted by atomic mass is 9.97. The quantitative estimate of drug-likeness (QED) is 0.129. The van der Waals surface area contributed by atoms with Gasteiger partial charge in [-0.25, -0.2) is 13.6 Å². The monoisotopic (exact) mass is 551 g/mol. The van der Waals surface area contributed by atoms with Crippen molar-refractivity contribution in [1.29, 1.82) is 10.8 Å². The zero-order valence-corrected chi connectivity index (χ0v) is 21.9. The third kappa shape index (κ3) is 5.48. The first kappa shape index (κ1) is 26.4. The number of hydrogen-bond donors (Lipinski definition) is 5. The van der Waals surface area contributed by atoms with E-state index in [2.05, 4.69) is 0 Å². The Labute approximate surface area is 230 Å². The van der Waals surface area contributed by atoms with Crippen LogP contribution in [0.15, 0.2) is 108 Å². The summed E-state index contributed by atoms with van der Waals surface area (Å²) in [6.45, 7) is 0. The Hall–Kier alpha value is -5.19. The zero-order valence-electron chi connectivity index (χ0n) is 21.1. The van der Waals surface area contributed by atoms with Gasteiger partial charge in [0.1, 0.15) is 34.7 Å². The summed E-state index contributed by atoms with van der Waals surface area (Å²) in [5, 5.41) is 22.4. The number of sulfonamides is 1. The third-order valence-corrected chi connectivity index (χ3v) is 7.17. The van der Waals surface area contributed by atoms with Crippen molar-refractivity contribution in [3.63, 3.8) is 0 Å². The maximum atomic E-state index is 12.7. The highest BCUT2D eigenvalue weighted by Crippen LogP contribution is 2.43. The van der Waals surface area contributed by atoms with E-state index >= 15 is 0 Å². The lowest BCUT2D eigenvalue weighted by Crippen LogP contribution is -2.13. The Kier molecular flexibility index (Phi) is 6.95. The Morgan fingerprint density at radius 1 is 0.650 bits per heavy atom. The molecule has 5 rings (SSSR count). The molecule has 10 heteroatoms. The van der Waals surface area contributed by atoms with Crippen molar-refractivity contribution < 1.29 is 17.9 Å². The number of rotatable bonds is 8. The van der Waals surface area contributed by atoms with Crippen LogP contribution in [0.3, 0.4) is 0 Å². The number of nitrogens with one attached hydrogen (secondary N) is 2. The minimum atomic E-state index is -4.10. The summed E-state index contributed by atoms with van der Waals surface area (Å²) in [6, 6.07) is 29.0. The lowest BCUT2D eigenvalue weighted by molar-refractivity contribution is 0.461. The van der Waals surface area contributed by atoms with Gasteiger partial charge in [0.2, 0.25) is 10.0 Å². The van der Waals surface area contributed by atoms with E-state index in [1.165, 1.54) is 6.07 Å². The van der Waals surface area contributed by atoms with Gasteiger partial charge >= 0.3 is 0 Å². The van der Waals surface area contributed by atoms with Crippen LogP contribution in [0, 0.1) is 10.8 Å². The zero-order chi connectivity index (χ0) is 28.4. The van der Waals surface area contributed by atoms with Crippen LogP contribution in [-0.2, 0) is 10.0 Å². The lowest BCUT2D eigenvalue weighted by Gasteiger charge is -2.18. The molecule has 0 bridgehead atoms. The maximum absolute atomic E-state index is 12.7. The predicted molar refractivity (Wildman–Crippen MR) is 156 cm³/mol. The van der Waals surface area contributed by atoms with Crippen molar-refractivity contribution in [2.45, 2.75) is 4.90 Å². The van der Waals surface area contributed by atoms with Crippen LogP contribution in [0.5, 0.6) is 23.0 Å². The molecule has 0 saturated heterocycles. The summed E-state index contributed by atoms with van der Waals surface area (Å²) >= 11 is 0. The van der Waals surface area contributed by atoms with Crippen LogP contribution < -0.4 is 26.1 Å². The van der Waals surface area contributed by atoms with E-state index in [9.17, 15) is 8.42 Å². The molecule has 8 N–H and O–H groups in total. The fourth-order valence-electron chi connectivity index (χ4n) is 4.29. The fourth-order valence-corrected chi connectivity index (χ4v) is 5.05. The molecule has 0 heterocycles. The average molecular weight is 552 g/mol. The molecule has 0 atom stereocenters. The van der Waals surface area contributed by atoms with E-state index in [1.54, 1.807) is 72.8 Å². The number of ether oxygens (including phenoxy) is 2. The maximum Gasteiger partial charge on any atom is 0.238 e. The van der Waals surface area contributed by atoms with E-state index in [-0.39, 0.29) is 16.6 Å². The number of benzene rings is 5. The minimum Gasteiger partial charge on any atom is -0.457 e. The van der Waals surface area contributed by atoms with Gasteiger partial charge in [0, 0.05) is 28.3 Å². The van der Waals surface area contributed by atoms with Gasteiger partial charge in [-0.15, -0.1) is 0 Å². The fraction of sp³-hybridized carbons (Fsp3) is 0. The van der Waals surface area contributed by atoms with Gasteiger partial charge in [-0.05, 0) is 77.5 Å². The first-order chi connectivity index (χ1) is 19.1. The molecule has 0 saturated carbocycles. The molecule has 0 radical (unpaired) electrons. The van der Waals surface area contributed by atoms with Crippen LogP contribution >= 0.6 is 0 Å². The summed E-state index contributed by atoms with van der Waals surface area (Å²) < 4.78 is 37.7. The largest absolute Gasteiger partial charge is 0.457 e. The number of hydrogen-bond acceptors (Lipinski definition) is 6. The number of nitrogen functional groups attached to an aromatic ring is 2. The van der Waals surface area contributed by atoms with E-state index in [4.69, 9.17) is 36.9 Å². The van der Waals surface area contributed by atoms with Crippen molar-refractivity contribution in [3.05, 3.63) is 114 Å². The summed E-state index contributed by atoms with van der Waals surface area (Å²) in [4.78, 5) is -0.0449. The van der Waals surface area contributed by atoms with Crippen molar-refractivity contribution >= 4 is 32.5 Å². The molecule has 0 spiro atoms. The molecule has 5 aromatic carbocycles. The number of nitrogens with two attached hydrogens (primary N) is 3. The molecule has 40 heavy (non-hydrogen) atoms. The highest BCUT2D eigenvalue weighted by atomic mass is 32.2. The number of primary sulfonamides is 1. The van der Waals surface area contributed by atoms with Gasteiger partial charge in [-0.1, -0.05) is 30.3 Å². The summed E-state index contributed by atoms with van der Waals surface area (Å²) in [5.41, 5.74) is 13.1. The van der Waals surface area contributed by atoms with Crippen LogP contribution in [0.2, 0.25) is 0 Å². The molecule has 0 unspecified atom stereocenters. The smallest absolute Gasteiger partial charge is 0.238 e. The molecule has 9 nitrogen and oxygen atoms in total. The third-order valence-electron chi connectivity index (χ3n) is 6.21. The Balaban J connectivity index is 1.66. The number of amidine groups is 2. The second-order valence-corrected chi connectivity index (χ2v) is 10.5. The topological polar surface area (TPSA) is 178 Å². The van der Waals surface area contributed by atoms with Crippen LogP contribution in [-0.4, -0.2) is 20.1 Å². The van der Waals surface area contributed by atoms with Gasteiger partial charge in [0.05, 0.1) is 4.90 Å². The summed E-state index contributed by atoms with van der Waals surface area (Å²) in [6.07, 6.45) is 0. The van der Waals surface area contributed by atoms with Crippen molar-refractivity contribution in [2.75, 3.05) is 0 Å². The highest BCUT2D eigenvalue weighted by Gasteiger charge is 2.22. The van der Waals surface area contributed by atoms with Crippen molar-refractivity contribution in [2.24, 2.45) is 16.6 Å². The first-order valence-corrected chi connectivity index (χ1v) is 13.6. The van der Waals surface area contributed by atoms with Crippen LogP contribution in [0.4, 0.5) is 0 Å². The Bertz CT molecular complexity index is 1870. The van der Waals surface area contributed by atoms with E-state index < -0.39 is 10.0 Å². The molecule has 0 aromatic heterocycles. The molecule has 0 fully saturated rings. The second kappa shape index (κ2) is 10.5. The summed E-state index contributed by atoms with van der Waals surface area (Å²) in [7, 11) is -4.10. The van der Waals surface area contributed by atoms with Gasteiger partial charge in [-0.2, -0.15) is 0 Å². The molecule has 0 aliphatic heterocycles. The van der Waals surface area contributed by atoms with E-state index in [0.29, 0.717) is 50.6 Å². The molecular weight excluding hydrogens is 526 g/mol. The molecule has 0 aliphatic rings. The molecule has 0 amide bonds. The second-order valence-electron chi connectivity index (χ2n) is 8.94. The van der Waals surface area contributed by atoms with Crippen molar-refractivity contribution in [1.82, 2.24) is 0 Å². The Morgan fingerprint density at radius 3 is 1.77 bits per heavy atom. The molecule has 0 aliphatic carbocycles. The van der Waals surface area contributed by atoms with E-state index in [0.717, 1.165) is 5.39 Å². The Morgan fingerprint density at radius 2 is 1.20 bits per heavy atom. The van der Waals surface area contributed by atoms with Gasteiger partial charge in [0.25, 0.3) is 0 Å².